The van der Waals surface area contributed by atoms with E-state index >= 15 is 0 Å². The fourth-order valence-electron chi connectivity index (χ4n) is 1.80. The van der Waals surface area contributed by atoms with E-state index in [2.05, 4.69) is 16.4 Å². The van der Waals surface area contributed by atoms with Crippen LogP contribution in [0.5, 0.6) is 0 Å². The molecule has 0 atom stereocenters. The third-order valence-corrected chi connectivity index (χ3v) is 2.95. The molecule has 3 nitrogen and oxygen atoms in total. The van der Waals surface area contributed by atoms with Crippen LogP contribution in [0.3, 0.4) is 0 Å². The van der Waals surface area contributed by atoms with Crippen molar-refractivity contribution in [2.24, 2.45) is 0 Å². The Morgan fingerprint density at radius 2 is 2.00 bits per heavy atom. The standard InChI is InChI=1S/C14H11ClFN3/c1-8-5-14(11(7-17)9(2)18-8)19-13-4-3-10(16)6-12(13)15/h3-6H,1-2H3,(H,18,19). The largest absolute Gasteiger partial charge is 0.353 e. The summed E-state index contributed by atoms with van der Waals surface area (Å²) in [6.07, 6.45) is 0. The summed E-state index contributed by atoms with van der Waals surface area (Å²) in [4.78, 5) is 4.23. The van der Waals surface area contributed by atoms with Gasteiger partial charge >= 0.3 is 0 Å². The van der Waals surface area contributed by atoms with Crippen LogP contribution in [0.25, 0.3) is 0 Å². The van der Waals surface area contributed by atoms with E-state index in [1.165, 1.54) is 18.2 Å². The third kappa shape index (κ3) is 2.83. The number of nitrogens with zero attached hydrogens (tertiary/aromatic N) is 2. The Kier molecular flexibility index (Phi) is 3.68. The molecule has 2 aromatic rings. The lowest BCUT2D eigenvalue weighted by Crippen LogP contribution is -2.00. The van der Waals surface area contributed by atoms with Gasteiger partial charge in [-0.1, -0.05) is 11.6 Å². The normalized spacial score (nSPS) is 10.1. The number of rotatable bonds is 2. The van der Waals surface area contributed by atoms with Crippen molar-refractivity contribution in [3.05, 3.63) is 52.1 Å². The minimum Gasteiger partial charge on any atom is -0.353 e. The Hall–Kier alpha value is -2.12. The van der Waals surface area contributed by atoms with E-state index in [1.807, 2.05) is 6.92 Å². The average Bonchev–Trinajstić information content (AvgIpc) is 2.32. The SMILES string of the molecule is Cc1cc(Nc2ccc(F)cc2Cl)c(C#N)c(C)n1. The topological polar surface area (TPSA) is 48.7 Å². The van der Waals surface area contributed by atoms with Gasteiger partial charge in [0.25, 0.3) is 0 Å². The number of hydrogen-bond acceptors (Lipinski definition) is 3. The molecule has 0 aliphatic rings. The maximum atomic E-state index is 13.0. The van der Waals surface area contributed by atoms with Gasteiger partial charge in [0, 0.05) is 5.69 Å². The lowest BCUT2D eigenvalue weighted by Gasteiger charge is -2.12. The Balaban J connectivity index is 2.46. The summed E-state index contributed by atoms with van der Waals surface area (Å²) in [5.41, 5.74) is 3.04. The number of hydrogen-bond donors (Lipinski definition) is 1. The van der Waals surface area contributed by atoms with E-state index < -0.39 is 5.82 Å². The van der Waals surface area contributed by atoms with Crippen LogP contribution in [0, 0.1) is 31.0 Å². The van der Waals surface area contributed by atoms with Gasteiger partial charge in [0.1, 0.15) is 11.9 Å². The molecule has 1 N–H and O–H groups in total. The van der Waals surface area contributed by atoms with Gasteiger partial charge in [0.05, 0.1) is 27.7 Å². The highest BCUT2D eigenvalue weighted by Gasteiger charge is 2.10. The fraction of sp³-hybridized carbons (Fsp3) is 0.143. The molecule has 0 saturated heterocycles. The maximum absolute atomic E-state index is 13.0. The highest BCUT2D eigenvalue weighted by atomic mass is 35.5. The van der Waals surface area contributed by atoms with Crippen molar-refractivity contribution in [3.63, 3.8) is 0 Å². The van der Waals surface area contributed by atoms with E-state index in [4.69, 9.17) is 16.9 Å². The summed E-state index contributed by atoms with van der Waals surface area (Å²) in [5, 5.41) is 12.5. The van der Waals surface area contributed by atoms with Gasteiger partial charge in [-0.2, -0.15) is 5.26 Å². The van der Waals surface area contributed by atoms with E-state index in [0.29, 0.717) is 22.6 Å². The lowest BCUT2D eigenvalue weighted by molar-refractivity contribution is 0.628. The van der Waals surface area contributed by atoms with Gasteiger partial charge in [0.2, 0.25) is 0 Å². The number of anilines is 2. The second-order valence-corrected chi connectivity index (χ2v) is 4.54. The highest BCUT2D eigenvalue weighted by molar-refractivity contribution is 6.33. The molecule has 0 aliphatic carbocycles. The van der Waals surface area contributed by atoms with Crippen molar-refractivity contribution in [3.8, 4) is 6.07 Å². The first-order chi connectivity index (χ1) is 9.01. The molecule has 1 aromatic carbocycles. The molecule has 0 spiro atoms. The quantitative estimate of drug-likeness (QED) is 0.897. The molecule has 0 fully saturated rings. The van der Waals surface area contributed by atoms with Crippen molar-refractivity contribution in [2.45, 2.75) is 13.8 Å². The second-order valence-electron chi connectivity index (χ2n) is 4.13. The molecule has 0 radical (unpaired) electrons. The van der Waals surface area contributed by atoms with E-state index in [9.17, 15) is 4.39 Å². The van der Waals surface area contributed by atoms with Crippen molar-refractivity contribution >= 4 is 23.0 Å². The predicted molar refractivity (Wildman–Crippen MR) is 73.1 cm³/mol. The molecule has 0 bridgehead atoms. The lowest BCUT2D eigenvalue weighted by atomic mass is 10.1. The molecule has 2 rings (SSSR count). The van der Waals surface area contributed by atoms with Crippen LogP contribution < -0.4 is 5.32 Å². The van der Waals surface area contributed by atoms with Crippen molar-refractivity contribution in [2.75, 3.05) is 5.32 Å². The number of halogens is 2. The van der Waals surface area contributed by atoms with Crippen LogP contribution in [-0.4, -0.2) is 4.98 Å². The number of benzene rings is 1. The molecule has 0 unspecified atom stereocenters. The van der Waals surface area contributed by atoms with Crippen molar-refractivity contribution in [1.82, 2.24) is 4.98 Å². The zero-order valence-corrected chi connectivity index (χ0v) is 11.2. The Morgan fingerprint density at radius 3 is 2.63 bits per heavy atom. The number of nitriles is 1. The molecule has 19 heavy (non-hydrogen) atoms. The molecule has 0 saturated carbocycles. The Bertz CT molecular complexity index is 677. The number of pyridine rings is 1. The Labute approximate surface area is 115 Å². The first-order valence-electron chi connectivity index (χ1n) is 5.61. The van der Waals surface area contributed by atoms with E-state index in [1.54, 1.807) is 13.0 Å². The van der Waals surface area contributed by atoms with Gasteiger partial charge < -0.3 is 5.32 Å². The van der Waals surface area contributed by atoms with Gasteiger partial charge in [-0.05, 0) is 38.1 Å². The molecular formula is C14H11ClFN3. The molecule has 1 aromatic heterocycles. The van der Waals surface area contributed by atoms with Crippen LogP contribution in [0.4, 0.5) is 15.8 Å². The predicted octanol–water partition coefficient (Wildman–Crippen LogP) is 4.11. The zero-order valence-electron chi connectivity index (χ0n) is 10.5. The average molecular weight is 276 g/mol. The van der Waals surface area contributed by atoms with Gasteiger partial charge in [-0.15, -0.1) is 0 Å². The summed E-state index contributed by atoms with van der Waals surface area (Å²) in [6.45, 7) is 3.61. The van der Waals surface area contributed by atoms with Crippen molar-refractivity contribution in [1.29, 1.82) is 5.26 Å². The molecule has 5 heteroatoms. The van der Waals surface area contributed by atoms with Gasteiger partial charge in [-0.25, -0.2) is 4.39 Å². The summed E-state index contributed by atoms with van der Waals surface area (Å²) in [5.74, 6) is -0.404. The first kappa shape index (κ1) is 13.3. The van der Waals surface area contributed by atoms with E-state index in [-0.39, 0.29) is 5.02 Å². The number of aryl methyl sites for hydroxylation is 2. The smallest absolute Gasteiger partial charge is 0.124 e. The molecule has 96 valence electrons. The number of nitrogens with one attached hydrogen (secondary N) is 1. The van der Waals surface area contributed by atoms with Crippen LogP contribution in [0.2, 0.25) is 5.02 Å². The summed E-state index contributed by atoms with van der Waals surface area (Å²) >= 11 is 5.95. The van der Waals surface area contributed by atoms with Crippen LogP contribution >= 0.6 is 11.6 Å². The van der Waals surface area contributed by atoms with Crippen LogP contribution in [0.15, 0.2) is 24.3 Å². The summed E-state index contributed by atoms with van der Waals surface area (Å²) in [7, 11) is 0. The van der Waals surface area contributed by atoms with Gasteiger partial charge in [0.15, 0.2) is 0 Å². The minimum absolute atomic E-state index is 0.260. The van der Waals surface area contributed by atoms with Crippen LogP contribution in [-0.2, 0) is 0 Å². The summed E-state index contributed by atoms with van der Waals surface area (Å²) < 4.78 is 13.0. The maximum Gasteiger partial charge on any atom is 0.124 e. The van der Waals surface area contributed by atoms with E-state index in [0.717, 1.165) is 5.69 Å². The third-order valence-electron chi connectivity index (χ3n) is 2.64. The monoisotopic (exact) mass is 275 g/mol. The summed E-state index contributed by atoms with van der Waals surface area (Å²) in [6, 6.07) is 7.91. The molecule has 0 amide bonds. The highest BCUT2D eigenvalue weighted by Crippen LogP contribution is 2.28. The first-order valence-corrected chi connectivity index (χ1v) is 5.99. The molecule has 1 heterocycles. The Morgan fingerprint density at radius 1 is 1.26 bits per heavy atom. The zero-order chi connectivity index (χ0) is 14.0. The molecular weight excluding hydrogens is 265 g/mol. The number of aromatic nitrogens is 1. The second kappa shape index (κ2) is 5.25. The minimum atomic E-state index is -0.404. The van der Waals surface area contributed by atoms with Crippen molar-refractivity contribution < 1.29 is 4.39 Å². The van der Waals surface area contributed by atoms with Gasteiger partial charge in [-0.3, -0.25) is 4.98 Å². The fourth-order valence-corrected chi connectivity index (χ4v) is 2.02. The van der Waals surface area contributed by atoms with Crippen LogP contribution in [0.1, 0.15) is 17.0 Å². The molecule has 0 aliphatic heterocycles.